The Hall–Kier alpha value is -1.67. The molecule has 1 aromatic heterocycles. The first-order chi connectivity index (χ1) is 7.34. The third-order valence-corrected chi connectivity index (χ3v) is 2.05. The average molecular weight is 217 g/mol. The van der Waals surface area contributed by atoms with Gasteiger partial charge in [0.05, 0.1) is 18.1 Å². The maximum atomic E-state index is 5.72. The molecule has 0 fully saturated rings. The van der Waals surface area contributed by atoms with Gasteiger partial charge in [0.1, 0.15) is 5.15 Å². The van der Waals surface area contributed by atoms with Gasteiger partial charge in [0.25, 0.3) is 0 Å². The first kappa shape index (κ1) is 9.87. The zero-order chi connectivity index (χ0) is 10.5. The van der Waals surface area contributed by atoms with Gasteiger partial charge < -0.3 is 0 Å². The number of hydrogen-bond donors (Lipinski definition) is 0. The van der Waals surface area contributed by atoms with E-state index in [1.165, 1.54) is 6.20 Å². The molecule has 74 valence electrons. The van der Waals surface area contributed by atoms with Gasteiger partial charge in [-0.25, -0.2) is 4.98 Å². The SMILES string of the molecule is Clc1cncc(C=Cc2ccccc2)n1. The molecule has 0 saturated heterocycles. The zero-order valence-corrected chi connectivity index (χ0v) is 8.72. The lowest BCUT2D eigenvalue weighted by atomic mass is 10.2. The Bertz CT molecular complexity index is 466. The first-order valence-electron chi connectivity index (χ1n) is 4.55. The van der Waals surface area contributed by atoms with Crippen LogP contribution in [0.1, 0.15) is 11.3 Å². The number of hydrogen-bond acceptors (Lipinski definition) is 2. The summed E-state index contributed by atoms with van der Waals surface area (Å²) in [4.78, 5) is 8.06. The second-order valence-electron chi connectivity index (χ2n) is 3.01. The van der Waals surface area contributed by atoms with Crippen molar-refractivity contribution in [3.05, 3.63) is 59.1 Å². The standard InChI is InChI=1S/C12H9ClN2/c13-12-9-14-8-11(15-12)7-6-10-4-2-1-3-5-10/h1-9H. The predicted molar refractivity (Wildman–Crippen MR) is 62.4 cm³/mol. The van der Waals surface area contributed by atoms with Gasteiger partial charge in [0, 0.05) is 0 Å². The molecular formula is C12H9ClN2. The predicted octanol–water partition coefficient (Wildman–Crippen LogP) is 3.30. The number of nitrogens with zero attached hydrogens (tertiary/aromatic N) is 2. The molecule has 1 heterocycles. The molecule has 0 unspecified atom stereocenters. The van der Waals surface area contributed by atoms with Crippen LogP contribution >= 0.6 is 11.6 Å². The molecule has 3 heteroatoms. The maximum absolute atomic E-state index is 5.72. The van der Waals surface area contributed by atoms with Crippen LogP contribution in [0.5, 0.6) is 0 Å². The summed E-state index contributed by atoms with van der Waals surface area (Å²) >= 11 is 5.72. The quantitative estimate of drug-likeness (QED) is 0.770. The Kier molecular flexibility index (Phi) is 3.10. The minimum atomic E-state index is 0.408. The second-order valence-corrected chi connectivity index (χ2v) is 3.40. The molecule has 2 rings (SSSR count). The van der Waals surface area contributed by atoms with Gasteiger partial charge in [-0.1, -0.05) is 48.0 Å². The summed E-state index contributed by atoms with van der Waals surface area (Å²) in [5.74, 6) is 0. The summed E-state index contributed by atoms with van der Waals surface area (Å²) in [6.45, 7) is 0. The normalized spacial score (nSPS) is 10.7. The highest BCUT2D eigenvalue weighted by atomic mass is 35.5. The number of rotatable bonds is 2. The van der Waals surface area contributed by atoms with Crippen molar-refractivity contribution in [2.45, 2.75) is 0 Å². The lowest BCUT2D eigenvalue weighted by Gasteiger charge is -1.93. The van der Waals surface area contributed by atoms with Crippen LogP contribution in [-0.2, 0) is 0 Å². The minimum absolute atomic E-state index is 0.408. The van der Waals surface area contributed by atoms with Gasteiger partial charge in [0.15, 0.2) is 0 Å². The third kappa shape index (κ3) is 2.89. The third-order valence-electron chi connectivity index (χ3n) is 1.87. The van der Waals surface area contributed by atoms with Gasteiger partial charge in [-0.3, -0.25) is 4.98 Å². The fourth-order valence-corrected chi connectivity index (χ4v) is 1.34. The molecule has 15 heavy (non-hydrogen) atoms. The van der Waals surface area contributed by atoms with Crippen molar-refractivity contribution < 1.29 is 0 Å². The monoisotopic (exact) mass is 216 g/mol. The van der Waals surface area contributed by atoms with E-state index in [0.29, 0.717) is 5.15 Å². The molecule has 0 saturated carbocycles. The topological polar surface area (TPSA) is 25.8 Å². The van der Waals surface area contributed by atoms with Crippen LogP contribution < -0.4 is 0 Å². The Labute approximate surface area is 93.3 Å². The zero-order valence-electron chi connectivity index (χ0n) is 7.97. The van der Waals surface area contributed by atoms with Crippen LogP contribution in [0, 0.1) is 0 Å². The molecule has 2 nitrogen and oxygen atoms in total. The van der Waals surface area contributed by atoms with Crippen molar-refractivity contribution in [1.29, 1.82) is 0 Å². The molecule has 0 spiro atoms. The van der Waals surface area contributed by atoms with Gasteiger partial charge in [-0.15, -0.1) is 0 Å². The highest BCUT2D eigenvalue weighted by molar-refractivity contribution is 6.29. The highest BCUT2D eigenvalue weighted by Gasteiger charge is 1.91. The van der Waals surface area contributed by atoms with Crippen LogP contribution in [0.15, 0.2) is 42.7 Å². The van der Waals surface area contributed by atoms with E-state index in [1.807, 2.05) is 42.5 Å². The van der Waals surface area contributed by atoms with E-state index < -0.39 is 0 Å². The molecule has 0 aliphatic carbocycles. The Morgan fingerprint density at radius 3 is 2.53 bits per heavy atom. The van der Waals surface area contributed by atoms with Crippen LogP contribution in [0.3, 0.4) is 0 Å². The molecular weight excluding hydrogens is 208 g/mol. The van der Waals surface area contributed by atoms with E-state index in [9.17, 15) is 0 Å². The molecule has 0 N–H and O–H groups in total. The lowest BCUT2D eigenvalue weighted by molar-refractivity contribution is 1.18. The second kappa shape index (κ2) is 4.71. The van der Waals surface area contributed by atoms with Crippen LogP contribution in [0.25, 0.3) is 12.2 Å². The molecule has 0 aliphatic rings. The van der Waals surface area contributed by atoms with Crippen molar-refractivity contribution in [3.8, 4) is 0 Å². The van der Waals surface area contributed by atoms with Gasteiger partial charge in [-0.2, -0.15) is 0 Å². The molecule has 0 bridgehead atoms. The summed E-state index contributed by atoms with van der Waals surface area (Å²) in [6, 6.07) is 10.0. The van der Waals surface area contributed by atoms with Crippen LogP contribution in [0.4, 0.5) is 0 Å². The van der Waals surface area contributed by atoms with Crippen molar-refractivity contribution in [2.75, 3.05) is 0 Å². The maximum Gasteiger partial charge on any atom is 0.148 e. The van der Waals surface area contributed by atoms with E-state index >= 15 is 0 Å². The van der Waals surface area contributed by atoms with Gasteiger partial charge >= 0.3 is 0 Å². The summed E-state index contributed by atoms with van der Waals surface area (Å²) in [5.41, 5.74) is 1.88. The average Bonchev–Trinajstić information content (AvgIpc) is 2.28. The van der Waals surface area contributed by atoms with Crippen molar-refractivity contribution >= 4 is 23.8 Å². The molecule has 0 atom stereocenters. The van der Waals surface area contributed by atoms with Gasteiger partial charge in [0.2, 0.25) is 0 Å². The molecule has 0 radical (unpaired) electrons. The summed E-state index contributed by atoms with van der Waals surface area (Å²) < 4.78 is 0. The summed E-state index contributed by atoms with van der Waals surface area (Å²) in [7, 11) is 0. The smallest absolute Gasteiger partial charge is 0.148 e. The fraction of sp³-hybridized carbons (Fsp3) is 0. The fourth-order valence-electron chi connectivity index (χ4n) is 1.18. The molecule has 1 aromatic carbocycles. The summed E-state index contributed by atoms with van der Waals surface area (Å²) in [5, 5.41) is 0.408. The van der Waals surface area contributed by atoms with E-state index in [4.69, 9.17) is 11.6 Å². The first-order valence-corrected chi connectivity index (χ1v) is 4.93. The van der Waals surface area contributed by atoms with E-state index in [0.717, 1.165) is 11.3 Å². The number of halogens is 1. The van der Waals surface area contributed by atoms with Crippen LogP contribution in [-0.4, -0.2) is 9.97 Å². The largest absolute Gasteiger partial charge is 0.259 e. The van der Waals surface area contributed by atoms with E-state index in [1.54, 1.807) is 6.20 Å². The van der Waals surface area contributed by atoms with Gasteiger partial charge in [-0.05, 0) is 11.6 Å². The van der Waals surface area contributed by atoms with Crippen molar-refractivity contribution in [2.24, 2.45) is 0 Å². The number of aromatic nitrogens is 2. The minimum Gasteiger partial charge on any atom is -0.259 e. The Morgan fingerprint density at radius 1 is 1.00 bits per heavy atom. The van der Waals surface area contributed by atoms with Crippen molar-refractivity contribution in [3.63, 3.8) is 0 Å². The molecule has 0 amide bonds. The lowest BCUT2D eigenvalue weighted by Crippen LogP contribution is -1.83. The van der Waals surface area contributed by atoms with Crippen LogP contribution in [0.2, 0.25) is 5.15 Å². The van der Waals surface area contributed by atoms with E-state index in [-0.39, 0.29) is 0 Å². The van der Waals surface area contributed by atoms with E-state index in [2.05, 4.69) is 9.97 Å². The molecule has 2 aromatic rings. The van der Waals surface area contributed by atoms with Crippen molar-refractivity contribution in [1.82, 2.24) is 9.97 Å². The Morgan fingerprint density at radius 2 is 1.80 bits per heavy atom. The number of benzene rings is 1. The summed E-state index contributed by atoms with van der Waals surface area (Å²) in [6.07, 6.45) is 7.04. The highest BCUT2D eigenvalue weighted by Crippen LogP contribution is 2.07. The Balaban J connectivity index is 2.19. The molecule has 0 aliphatic heterocycles.